The van der Waals surface area contributed by atoms with Gasteiger partial charge in [0.05, 0.1) is 11.0 Å². The first-order valence-corrected chi connectivity index (χ1v) is 10.7. The number of carbonyl (C=O) groups is 1. The summed E-state index contributed by atoms with van der Waals surface area (Å²) in [6.45, 7) is 7.94. The molecule has 7 rings (SSSR count). The van der Waals surface area contributed by atoms with Crippen LogP contribution in [0.4, 0.5) is 0 Å². The fourth-order valence-electron chi connectivity index (χ4n) is 7.88. The van der Waals surface area contributed by atoms with Gasteiger partial charge in [0.15, 0.2) is 0 Å². The highest BCUT2D eigenvalue weighted by atomic mass is 16.7. The number of ether oxygens (including phenoxy) is 2. The second-order valence-corrected chi connectivity index (χ2v) is 10.6. The summed E-state index contributed by atoms with van der Waals surface area (Å²) in [5, 5.41) is 0. The molecule has 0 saturated heterocycles. The van der Waals surface area contributed by atoms with Gasteiger partial charge in [-0.15, -0.1) is 0 Å². The molecule has 0 aromatic rings. The lowest BCUT2D eigenvalue weighted by Gasteiger charge is -2.74. The van der Waals surface area contributed by atoms with Crippen LogP contribution in [0.2, 0.25) is 0 Å². The molecule has 7 aliphatic rings. The number of esters is 1. The Kier molecular flexibility index (Phi) is 3.48. The van der Waals surface area contributed by atoms with Crippen molar-refractivity contribution in [3.8, 4) is 0 Å². The highest BCUT2D eigenvalue weighted by Crippen LogP contribution is 2.73. The molecule has 0 N–H and O–H groups in total. The van der Waals surface area contributed by atoms with E-state index in [0.29, 0.717) is 0 Å². The van der Waals surface area contributed by atoms with Crippen molar-refractivity contribution in [2.45, 2.75) is 84.5 Å². The summed E-state index contributed by atoms with van der Waals surface area (Å²) in [4.78, 5) is 12.5. The van der Waals surface area contributed by atoms with E-state index in [-0.39, 0.29) is 11.6 Å². The average Bonchev–Trinajstić information content (AvgIpc) is 2.58. The van der Waals surface area contributed by atoms with Crippen LogP contribution in [0.3, 0.4) is 0 Å². The van der Waals surface area contributed by atoms with Crippen LogP contribution in [-0.2, 0) is 14.3 Å². The Morgan fingerprint density at radius 3 is 2.24 bits per heavy atom. The third-order valence-electron chi connectivity index (χ3n) is 9.08. The summed E-state index contributed by atoms with van der Waals surface area (Å²) in [6, 6.07) is 0. The molecule has 0 heterocycles. The summed E-state index contributed by atoms with van der Waals surface area (Å²) >= 11 is 0. The minimum Gasteiger partial charge on any atom is -0.436 e. The maximum absolute atomic E-state index is 12.5. The normalized spacial score (nSPS) is 50.3. The number of hydrogen-bond donors (Lipinski definition) is 0. The minimum absolute atomic E-state index is 0.0278. The maximum Gasteiger partial charge on any atom is 0.313 e. The molecular formula is C22H34O3. The zero-order valence-corrected chi connectivity index (χ0v) is 16.3. The molecule has 5 unspecified atom stereocenters. The highest BCUT2D eigenvalue weighted by molar-refractivity contribution is 5.75. The van der Waals surface area contributed by atoms with Gasteiger partial charge in [-0.1, -0.05) is 6.92 Å². The van der Waals surface area contributed by atoms with Crippen molar-refractivity contribution < 1.29 is 14.3 Å². The van der Waals surface area contributed by atoms with Crippen LogP contribution in [-0.4, -0.2) is 17.9 Å². The van der Waals surface area contributed by atoms with Gasteiger partial charge in [0, 0.05) is 0 Å². The Morgan fingerprint density at radius 2 is 1.64 bits per heavy atom. The molecule has 140 valence electrons. The van der Waals surface area contributed by atoms with Crippen molar-refractivity contribution in [2.75, 3.05) is 0 Å². The summed E-state index contributed by atoms with van der Waals surface area (Å²) in [6.07, 6.45) is 8.77. The van der Waals surface area contributed by atoms with Gasteiger partial charge in [-0.05, 0) is 107 Å². The van der Waals surface area contributed by atoms with Gasteiger partial charge in [-0.3, -0.25) is 4.79 Å². The predicted octanol–water partition coefficient (Wildman–Crippen LogP) is 4.79. The lowest BCUT2D eigenvalue weighted by Crippen LogP contribution is -2.72. The third kappa shape index (κ3) is 2.17. The fraction of sp³-hybridized carbons (Fsp3) is 0.955. The molecular weight excluding hydrogens is 312 g/mol. The van der Waals surface area contributed by atoms with Crippen LogP contribution in [0, 0.1) is 46.8 Å². The largest absolute Gasteiger partial charge is 0.436 e. The van der Waals surface area contributed by atoms with Gasteiger partial charge in [0.1, 0.15) is 0 Å². The van der Waals surface area contributed by atoms with E-state index in [4.69, 9.17) is 9.47 Å². The highest BCUT2D eigenvalue weighted by Gasteiger charge is 2.71. The standard InChI is InChI=1S/C22H34O3/c1-5-21(3,4)20(23)24-12(2)25-22-11-14-7-16-15-6-13(9-18(16)22)10-19(22)17(15)8-14/h12-19H,5-11H2,1-4H3. The molecule has 0 radical (unpaired) electrons. The van der Waals surface area contributed by atoms with Crippen molar-refractivity contribution in [2.24, 2.45) is 46.8 Å². The van der Waals surface area contributed by atoms with E-state index in [0.717, 1.165) is 47.8 Å². The van der Waals surface area contributed by atoms with E-state index >= 15 is 0 Å². The Hall–Kier alpha value is -0.570. The maximum atomic E-state index is 12.5. The molecule has 3 nitrogen and oxygen atoms in total. The zero-order chi connectivity index (χ0) is 17.6. The van der Waals surface area contributed by atoms with E-state index < -0.39 is 11.7 Å². The van der Waals surface area contributed by atoms with E-state index in [2.05, 4.69) is 0 Å². The van der Waals surface area contributed by atoms with Crippen LogP contribution in [0.15, 0.2) is 0 Å². The van der Waals surface area contributed by atoms with Gasteiger partial charge >= 0.3 is 5.97 Å². The van der Waals surface area contributed by atoms with Crippen LogP contribution in [0.5, 0.6) is 0 Å². The van der Waals surface area contributed by atoms with Gasteiger partial charge in [0.2, 0.25) is 6.29 Å². The Balaban J connectivity index is 1.38. The second kappa shape index (κ2) is 5.24. The first kappa shape index (κ1) is 16.6. The summed E-state index contributed by atoms with van der Waals surface area (Å²) in [5.74, 6) is 5.99. The molecule has 0 amide bonds. The van der Waals surface area contributed by atoms with Crippen molar-refractivity contribution in [1.82, 2.24) is 0 Å². The topological polar surface area (TPSA) is 35.5 Å². The van der Waals surface area contributed by atoms with E-state index in [1.165, 1.54) is 38.5 Å². The van der Waals surface area contributed by atoms with Gasteiger partial charge < -0.3 is 9.47 Å². The van der Waals surface area contributed by atoms with Crippen molar-refractivity contribution in [1.29, 1.82) is 0 Å². The Morgan fingerprint density at radius 1 is 1.04 bits per heavy atom. The molecule has 7 saturated carbocycles. The van der Waals surface area contributed by atoms with Gasteiger partial charge in [0.25, 0.3) is 0 Å². The molecule has 7 aliphatic carbocycles. The lowest BCUT2D eigenvalue weighted by atomic mass is 9.34. The molecule has 7 fully saturated rings. The second-order valence-electron chi connectivity index (χ2n) is 10.6. The van der Waals surface area contributed by atoms with Gasteiger partial charge in [-0.2, -0.15) is 0 Å². The monoisotopic (exact) mass is 346 g/mol. The molecule has 3 heteroatoms. The SMILES string of the molecule is CCC(C)(C)C(=O)OC(C)OC12CC3CC4C5CC(CC41)CC2C5C3. The smallest absolute Gasteiger partial charge is 0.313 e. The van der Waals surface area contributed by atoms with Crippen LogP contribution < -0.4 is 0 Å². The molecule has 8 bridgehead atoms. The number of rotatable bonds is 5. The number of hydrogen-bond acceptors (Lipinski definition) is 3. The van der Waals surface area contributed by atoms with Crippen molar-refractivity contribution in [3.05, 3.63) is 0 Å². The van der Waals surface area contributed by atoms with Crippen LogP contribution in [0.1, 0.15) is 72.6 Å². The lowest BCUT2D eigenvalue weighted by molar-refractivity contribution is -0.338. The van der Waals surface area contributed by atoms with E-state index in [1.54, 1.807) is 0 Å². The summed E-state index contributed by atoms with van der Waals surface area (Å²) < 4.78 is 12.5. The average molecular weight is 347 g/mol. The van der Waals surface area contributed by atoms with E-state index in [9.17, 15) is 4.79 Å². The van der Waals surface area contributed by atoms with Crippen molar-refractivity contribution in [3.63, 3.8) is 0 Å². The first-order chi connectivity index (χ1) is 11.8. The molecule has 5 atom stereocenters. The summed E-state index contributed by atoms with van der Waals surface area (Å²) in [5.41, 5.74) is -0.392. The van der Waals surface area contributed by atoms with Crippen LogP contribution in [0.25, 0.3) is 0 Å². The predicted molar refractivity (Wildman–Crippen MR) is 95.6 cm³/mol. The Bertz CT molecular complexity index is 558. The fourth-order valence-corrected chi connectivity index (χ4v) is 7.88. The van der Waals surface area contributed by atoms with Crippen molar-refractivity contribution >= 4 is 5.97 Å². The molecule has 0 spiro atoms. The quantitative estimate of drug-likeness (QED) is 0.530. The molecule has 0 aromatic heterocycles. The van der Waals surface area contributed by atoms with Gasteiger partial charge in [-0.25, -0.2) is 0 Å². The zero-order valence-electron chi connectivity index (χ0n) is 16.3. The Labute approximate surface area is 152 Å². The third-order valence-corrected chi connectivity index (χ3v) is 9.08. The molecule has 0 aromatic carbocycles. The minimum atomic E-state index is -0.420. The van der Waals surface area contributed by atoms with E-state index in [1.807, 2.05) is 27.7 Å². The molecule has 0 aliphatic heterocycles. The number of carbonyl (C=O) groups excluding carboxylic acids is 1. The molecule has 25 heavy (non-hydrogen) atoms. The van der Waals surface area contributed by atoms with Crippen LogP contribution >= 0.6 is 0 Å². The first-order valence-electron chi connectivity index (χ1n) is 10.7. The summed E-state index contributed by atoms with van der Waals surface area (Å²) in [7, 11) is 0.